The molecule has 0 bridgehead atoms. The summed E-state index contributed by atoms with van der Waals surface area (Å²) in [7, 11) is 1.62. The van der Waals surface area contributed by atoms with E-state index in [1.807, 2.05) is 66.9 Å². The summed E-state index contributed by atoms with van der Waals surface area (Å²) in [5.74, 6) is 3.35. The van der Waals surface area contributed by atoms with E-state index in [2.05, 4.69) is 15.5 Å². The maximum Gasteiger partial charge on any atom is 0.232 e. The summed E-state index contributed by atoms with van der Waals surface area (Å²) in [4.78, 5) is 12.5. The molecule has 3 rings (SSSR count). The molecule has 0 aliphatic carbocycles. The molecule has 0 fully saturated rings. The lowest BCUT2D eigenvalue weighted by molar-refractivity contribution is -0.115. The summed E-state index contributed by atoms with van der Waals surface area (Å²) in [6, 6.07) is 14.8. The predicted molar refractivity (Wildman–Crippen MR) is 125 cm³/mol. The average molecular weight is 457 g/mol. The number of benzene rings is 2. The number of aromatic nitrogens is 3. The van der Waals surface area contributed by atoms with Crippen molar-refractivity contribution in [3.8, 4) is 17.2 Å². The van der Waals surface area contributed by atoms with Crippen LogP contribution in [0.5, 0.6) is 17.2 Å². The first-order valence-electron chi connectivity index (χ1n) is 10.5. The third kappa shape index (κ3) is 6.40. The highest BCUT2D eigenvalue weighted by Crippen LogP contribution is 2.26. The summed E-state index contributed by atoms with van der Waals surface area (Å²) in [5.41, 5.74) is 0.712. The largest absolute Gasteiger partial charge is 0.494 e. The molecular formula is C23H28N4O4S. The van der Waals surface area contributed by atoms with Crippen LogP contribution in [0.1, 0.15) is 19.7 Å². The Balaban J connectivity index is 1.51. The Morgan fingerprint density at radius 2 is 1.78 bits per heavy atom. The third-order valence-corrected chi connectivity index (χ3v) is 5.45. The second kappa shape index (κ2) is 12.0. The molecule has 0 saturated heterocycles. The number of anilines is 1. The number of nitrogens with zero attached hydrogens (tertiary/aromatic N) is 3. The highest BCUT2D eigenvalue weighted by molar-refractivity contribution is 7.99. The number of methoxy groups -OCH3 is 1. The second-order valence-corrected chi connectivity index (χ2v) is 7.74. The molecular weight excluding hydrogens is 428 g/mol. The van der Waals surface area contributed by atoms with Gasteiger partial charge in [0.2, 0.25) is 5.91 Å². The zero-order valence-electron chi connectivity index (χ0n) is 18.5. The molecule has 0 radical (unpaired) electrons. The van der Waals surface area contributed by atoms with Gasteiger partial charge in [0.05, 0.1) is 26.7 Å². The topological polar surface area (TPSA) is 87.5 Å². The number of hydrogen-bond donors (Lipinski definition) is 1. The van der Waals surface area contributed by atoms with E-state index in [1.54, 1.807) is 18.9 Å². The number of nitrogens with one attached hydrogen (secondary N) is 1. The van der Waals surface area contributed by atoms with Crippen LogP contribution in [-0.2, 0) is 17.8 Å². The first-order valence-corrected chi connectivity index (χ1v) is 11.5. The molecule has 9 heteroatoms. The molecule has 0 spiro atoms. The van der Waals surface area contributed by atoms with Crippen molar-refractivity contribution in [1.29, 1.82) is 0 Å². The fraction of sp³-hybridized carbons (Fsp3) is 0.348. The van der Waals surface area contributed by atoms with E-state index in [9.17, 15) is 4.79 Å². The first-order chi connectivity index (χ1) is 15.6. The normalized spacial score (nSPS) is 10.6. The number of amides is 1. The number of hydrogen-bond acceptors (Lipinski definition) is 7. The minimum absolute atomic E-state index is 0.145. The molecule has 1 heterocycles. The Labute approximate surface area is 192 Å². The molecule has 0 unspecified atom stereocenters. The second-order valence-electron chi connectivity index (χ2n) is 6.67. The van der Waals surface area contributed by atoms with Gasteiger partial charge in [-0.3, -0.25) is 4.79 Å². The number of thioether (sulfide) groups is 1. The van der Waals surface area contributed by atoms with Crippen molar-refractivity contribution in [2.75, 3.05) is 31.4 Å². The van der Waals surface area contributed by atoms with Crippen molar-refractivity contribution in [2.45, 2.75) is 32.0 Å². The summed E-state index contributed by atoms with van der Waals surface area (Å²) in [5, 5.41) is 12.1. The van der Waals surface area contributed by atoms with Crippen LogP contribution >= 0.6 is 11.8 Å². The average Bonchev–Trinajstić information content (AvgIpc) is 3.19. The standard InChI is InChI=1S/C23H28N4O4S/c1-4-27-21(16-22(28)24-17-10-12-18(13-11-17)30-5-2)25-26-23(27)32-15-14-31-20-9-7-6-8-19(20)29-3/h6-13H,4-5,14-16H2,1-3H3,(H,24,28). The quantitative estimate of drug-likeness (QED) is 0.325. The van der Waals surface area contributed by atoms with Gasteiger partial charge in [-0.1, -0.05) is 23.9 Å². The van der Waals surface area contributed by atoms with Crippen LogP contribution in [0, 0.1) is 0 Å². The summed E-state index contributed by atoms with van der Waals surface area (Å²) in [6.45, 7) is 5.71. The van der Waals surface area contributed by atoms with Crippen LogP contribution in [0.15, 0.2) is 53.7 Å². The Morgan fingerprint density at radius 3 is 2.47 bits per heavy atom. The lowest BCUT2D eigenvalue weighted by atomic mass is 10.3. The van der Waals surface area contributed by atoms with Crippen molar-refractivity contribution in [3.05, 3.63) is 54.4 Å². The smallest absolute Gasteiger partial charge is 0.232 e. The molecule has 0 atom stereocenters. The van der Waals surface area contributed by atoms with Crippen LogP contribution in [0.3, 0.4) is 0 Å². The SMILES string of the molecule is CCOc1ccc(NC(=O)Cc2nnc(SCCOc3ccccc3OC)n2CC)cc1. The molecule has 2 aromatic carbocycles. The Bertz CT molecular complexity index is 1010. The van der Waals surface area contributed by atoms with Crippen molar-refractivity contribution < 1.29 is 19.0 Å². The number of carbonyl (C=O) groups is 1. The minimum atomic E-state index is -0.146. The van der Waals surface area contributed by atoms with E-state index in [0.717, 1.165) is 10.9 Å². The molecule has 0 aliphatic heterocycles. The van der Waals surface area contributed by atoms with E-state index < -0.39 is 0 Å². The Hall–Kier alpha value is -3.20. The van der Waals surface area contributed by atoms with E-state index in [-0.39, 0.29) is 12.3 Å². The molecule has 170 valence electrons. The highest BCUT2D eigenvalue weighted by Gasteiger charge is 2.15. The monoisotopic (exact) mass is 456 g/mol. The maximum atomic E-state index is 12.5. The maximum absolute atomic E-state index is 12.5. The number of ether oxygens (including phenoxy) is 3. The third-order valence-electron chi connectivity index (χ3n) is 4.52. The van der Waals surface area contributed by atoms with Gasteiger partial charge in [-0.2, -0.15) is 0 Å². The van der Waals surface area contributed by atoms with Gasteiger partial charge in [-0.15, -0.1) is 10.2 Å². The van der Waals surface area contributed by atoms with Crippen molar-refractivity contribution >= 4 is 23.4 Å². The van der Waals surface area contributed by atoms with Gasteiger partial charge in [0.1, 0.15) is 11.6 Å². The fourth-order valence-corrected chi connectivity index (χ4v) is 3.88. The van der Waals surface area contributed by atoms with Gasteiger partial charge in [0.25, 0.3) is 0 Å². The van der Waals surface area contributed by atoms with Crippen LogP contribution in [0.4, 0.5) is 5.69 Å². The van der Waals surface area contributed by atoms with Gasteiger partial charge in [0, 0.05) is 18.0 Å². The van der Waals surface area contributed by atoms with E-state index in [4.69, 9.17) is 14.2 Å². The van der Waals surface area contributed by atoms with Gasteiger partial charge in [-0.05, 0) is 50.2 Å². The van der Waals surface area contributed by atoms with Gasteiger partial charge >= 0.3 is 0 Å². The van der Waals surface area contributed by atoms with Crippen LogP contribution < -0.4 is 19.5 Å². The van der Waals surface area contributed by atoms with Crippen LogP contribution in [0.2, 0.25) is 0 Å². The molecule has 3 aromatic rings. The molecule has 1 N–H and O–H groups in total. The van der Waals surface area contributed by atoms with Crippen molar-refractivity contribution in [2.24, 2.45) is 0 Å². The number of carbonyl (C=O) groups excluding carboxylic acids is 1. The number of rotatable bonds is 12. The van der Waals surface area contributed by atoms with Crippen LogP contribution in [0.25, 0.3) is 0 Å². The van der Waals surface area contributed by atoms with E-state index >= 15 is 0 Å². The molecule has 32 heavy (non-hydrogen) atoms. The predicted octanol–water partition coefficient (Wildman–Crippen LogP) is 4.06. The lowest BCUT2D eigenvalue weighted by Crippen LogP contribution is -2.17. The number of para-hydroxylation sites is 2. The lowest BCUT2D eigenvalue weighted by Gasteiger charge is -2.10. The summed E-state index contributed by atoms with van der Waals surface area (Å²) in [6.07, 6.45) is 0.145. The molecule has 8 nitrogen and oxygen atoms in total. The van der Waals surface area contributed by atoms with E-state index in [0.29, 0.717) is 48.5 Å². The van der Waals surface area contributed by atoms with Gasteiger partial charge in [-0.25, -0.2) is 0 Å². The minimum Gasteiger partial charge on any atom is -0.494 e. The zero-order chi connectivity index (χ0) is 22.8. The highest BCUT2D eigenvalue weighted by atomic mass is 32.2. The zero-order valence-corrected chi connectivity index (χ0v) is 19.4. The summed E-state index contributed by atoms with van der Waals surface area (Å²) < 4.78 is 18.5. The van der Waals surface area contributed by atoms with E-state index in [1.165, 1.54) is 0 Å². The van der Waals surface area contributed by atoms with Gasteiger partial charge < -0.3 is 24.1 Å². The molecule has 1 amide bonds. The van der Waals surface area contributed by atoms with Crippen molar-refractivity contribution in [3.63, 3.8) is 0 Å². The molecule has 0 saturated carbocycles. The molecule has 1 aromatic heterocycles. The van der Waals surface area contributed by atoms with Crippen LogP contribution in [-0.4, -0.2) is 46.7 Å². The summed E-state index contributed by atoms with van der Waals surface area (Å²) >= 11 is 1.54. The Morgan fingerprint density at radius 1 is 1.03 bits per heavy atom. The van der Waals surface area contributed by atoms with Crippen molar-refractivity contribution in [1.82, 2.24) is 14.8 Å². The fourth-order valence-electron chi connectivity index (χ4n) is 3.05. The Kier molecular flexibility index (Phi) is 8.79. The first kappa shape index (κ1) is 23.5. The van der Waals surface area contributed by atoms with Gasteiger partial charge in [0.15, 0.2) is 16.7 Å². The molecule has 0 aliphatic rings.